The minimum Gasteiger partial charge on any atom is -0.495 e. The van der Waals surface area contributed by atoms with Crippen molar-refractivity contribution >= 4 is 11.6 Å². The first-order chi connectivity index (χ1) is 12.2. The van der Waals surface area contributed by atoms with Gasteiger partial charge >= 0.3 is 0 Å². The van der Waals surface area contributed by atoms with Crippen LogP contribution in [0.2, 0.25) is 0 Å². The summed E-state index contributed by atoms with van der Waals surface area (Å²) in [7, 11) is 4.73. The number of benzene rings is 2. The SMILES string of the molecule is COc1cc2c(cc1NC(=O)c1ccc(OC)c(OC)c1)CCCC2. The lowest BCUT2D eigenvalue weighted by atomic mass is 9.91. The van der Waals surface area contributed by atoms with Gasteiger partial charge in [0.15, 0.2) is 11.5 Å². The van der Waals surface area contributed by atoms with E-state index < -0.39 is 0 Å². The Morgan fingerprint density at radius 1 is 0.840 bits per heavy atom. The van der Waals surface area contributed by atoms with Crippen LogP contribution in [0.3, 0.4) is 0 Å². The third-order valence-corrected chi connectivity index (χ3v) is 4.56. The zero-order chi connectivity index (χ0) is 17.8. The van der Waals surface area contributed by atoms with Gasteiger partial charge in [0.05, 0.1) is 27.0 Å². The van der Waals surface area contributed by atoms with Gasteiger partial charge in [-0.05, 0) is 67.1 Å². The molecule has 0 fully saturated rings. The zero-order valence-electron chi connectivity index (χ0n) is 14.8. The number of hydrogen-bond acceptors (Lipinski definition) is 4. The predicted octanol–water partition coefficient (Wildman–Crippen LogP) is 3.84. The summed E-state index contributed by atoms with van der Waals surface area (Å²) in [6, 6.07) is 9.17. The molecule has 1 amide bonds. The number of carbonyl (C=O) groups excluding carboxylic acids is 1. The first-order valence-electron chi connectivity index (χ1n) is 8.39. The number of carbonyl (C=O) groups is 1. The van der Waals surface area contributed by atoms with Crippen molar-refractivity contribution < 1.29 is 19.0 Å². The summed E-state index contributed by atoms with van der Waals surface area (Å²) < 4.78 is 15.9. The van der Waals surface area contributed by atoms with Gasteiger partial charge in [-0.2, -0.15) is 0 Å². The van der Waals surface area contributed by atoms with Crippen LogP contribution < -0.4 is 19.5 Å². The van der Waals surface area contributed by atoms with Crippen molar-refractivity contribution in [3.8, 4) is 17.2 Å². The van der Waals surface area contributed by atoms with E-state index in [0.717, 1.165) is 12.8 Å². The Morgan fingerprint density at radius 3 is 2.12 bits per heavy atom. The molecule has 25 heavy (non-hydrogen) atoms. The van der Waals surface area contributed by atoms with Gasteiger partial charge in [0, 0.05) is 5.56 Å². The first-order valence-corrected chi connectivity index (χ1v) is 8.39. The van der Waals surface area contributed by atoms with Gasteiger partial charge < -0.3 is 19.5 Å². The van der Waals surface area contributed by atoms with Crippen molar-refractivity contribution in [3.63, 3.8) is 0 Å². The number of fused-ring (bicyclic) bond motifs is 1. The number of anilines is 1. The molecule has 0 atom stereocenters. The molecular weight excluding hydrogens is 318 g/mol. The van der Waals surface area contributed by atoms with Gasteiger partial charge in [-0.1, -0.05) is 0 Å². The largest absolute Gasteiger partial charge is 0.495 e. The molecule has 0 saturated carbocycles. The average molecular weight is 341 g/mol. The fraction of sp³-hybridized carbons (Fsp3) is 0.350. The molecule has 2 aromatic carbocycles. The third-order valence-electron chi connectivity index (χ3n) is 4.56. The van der Waals surface area contributed by atoms with Crippen molar-refractivity contribution in [1.29, 1.82) is 0 Å². The van der Waals surface area contributed by atoms with Crippen LogP contribution >= 0.6 is 0 Å². The Balaban J connectivity index is 1.88. The molecule has 0 radical (unpaired) electrons. The van der Waals surface area contributed by atoms with Gasteiger partial charge in [0.1, 0.15) is 5.75 Å². The topological polar surface area (TPSA) is 56.8 Å². The highest BCUT2D eigenvalue weighted by Crippen LogP contribution is 2.33. The lowest BCUT2D eigenvalue weighted by Crippen LogP contribution is -2.14. The summed E-state index contributed by atoms with van der Waals surface area (Å²) in [5, 5.41) is 2.96. The maximum absolute atomic E-state index is 12.7. The molecule has 1 aliphatic carbocycles. The van der Waals surface area contributed by atoms with Gasteiger partial charge in [-0.15, -0.1) is 0 Å². The van der Waals surface area contributed by atoms with E-state index in [9.17, 15) is 4.79 Å². The van der Waals surface area contributed by atoms with E-state index in [1.54, 1.807) is 39.5 Å². The monoisotopic (exact) mass is 341 g/mol. The van der Waals surface area contributed by atoms with Crippen molar-refractivity contribution in [2.24, 2.45) is 0 Å². The molecule has 1 aliphatic rings. The Bertz CT molecular complexity index is 786. The highest BCUT2D eigenvalue weighted by atomic mass is 16.5. The summed E-state index contributed by atoms with van der Waals surface area (Å²) in [5.74, 6) is 1.59. The van der Waals surface area contributed by atoms with Crippen LogP contribution in [-0.4, -0.2) is 27.2 Å². The number of amides is 1. The molecule has 132 valence electrons. The third kappa shape index (κ3) is 3.55. The lowest BCUT2D eigenvalue weighted by molar-refractivity contribution is 0.102. The summed E-state index contributed by atoms with van der Waals surface area (Å²) >= 11 is 0. The molecule has 1 N–H and O–H groups in total. The Hall–Kier alpha value is -2.69. The molecular formula is C20H23NO4. The average Bonchev–Trinajstić information content (AvgIpc) is 2.66. The van der Waals surface area contributed by atoms with Crippen molar-refractivity contribution in [2.45, 2.75) is 25.7 Å². The second-order valence-electron chi connectivity index (χ2n) is 6.05. The van der Waals surface area contributed by atoms with E-state index in [1.807, 2.05) is 12.1 Å². The van der Waals surface area contributed by atoms with Crippen LogP contribution in [0, 0.1) is 0 Å². The number of ether oxygens (including phenoxy) is 3. The highest BCUT2D eigenvalue weighted by Gasteiger charge is 2.17. The molecule has 3 rings (SSSR count). The number of rotatable bonds is 5. The Labute approximate surface area is 147 Å². The standard InChI is InChI=1S/C20H23NO4/c1-23-17-9-8-15(12-19(17)25-3)20(22)21-16-10-13-6-4-5-7-14(13)11-18(16)24-2/h8-12H,4-7H2,1-3H3,(H,21,22). The van der Waals surface area contributed by atoms with Crippen LogP contribution in [0.5, 0.6) is 17.2 Å². The molecule has 2 aromatic rings. The van der Waals surface area contributed by atoms with Crippen LogP contribution in [0.15, 0.2) is 30.3 Å². The van der Waals surface area contributed by atoms with E-state index in [0.29, 0.717) is 28.5 Å². The van der Waals surface area contributed by atoms with E-state index in [-0.39, 0.29) is 5.91 Å². The summed E-state index contributed by atoms with van der Waals surface area (Å²) in [6.07, 6.45) is 4.49. The normalized spacial score (nSPS) is 12.9. The minimum absolute atomic E-state index is 0.213. The predicted molar refractivity (Wildman–Crippen MR) is 97.1 cm³/mol. The molecule has 0 aromatic heterocycles. The van der Waals surface area contributed by atoms with Crippen LogP contribution in [0.4, 0.5) is 5.69 Å². The van der Waals surface area contributed by atoms with E-state index in [2.05, 4.69) is 5.32 Å². The molecule has 0 unspecified atom stereocenters. The quantitative estimate of drug-likeness (QED) is 0.898. The van der Waals surface area contributed by atoms with Gasteiger partial charge in [0.2, 0.25) is 0 Å². The molecule has 0 saturated heterocycles. The number of aryl methyl sites for hydroxylation is 2. The van der Waals surface area contributed by atoms with Crippen molar-refractivity contribution in [1.82, 2.24) is 0 Å². The number of methoxy groups -OCH3 is 3. The van der Waals surface area contributed by atoms with Gasteiger partial charge in [-0.25, -0.2) is 0 Å². The van der Waals surface area contributed by atoms with Crippen LogP contribution in [-0.2, 0) is 12.8 Å². The Kier molecular flexibility index (Phi) is 5.12. The lowest BCUT2D eigenvalue weighted by Gasteiger charge is -2.19. The summed E-state index contributed by atoms with van der Waals surface area (Å²) in [4.78, 5) is 12.7. The summed E-state index contributed by atoms with van der Waals surface area (Å²) in [6.45, 7) is 0. The fourth-order valence-electron chi connectivity index (χ4n) is 3.20. The van der Waals surface area contributed by atoms with E-state index >= 15 is 0 Å². The van der Waals surface area contributed by atoms with Crippen molar-refractivity contribution in [2.75, 3.05) is 26.6 Å². The number of hydrogen-bond donors (Lipinski definition) is 1. The second kappa shape index (κ2) is 7.47. The smallest absolute Gasteiger partial charge is 0.255 e. The van der Waals surface area contributed by atoms with Crippen molar-refractivity contribution in [3.05, 3.63) is 47.0 Å². The van der Waals surface area contributed by atoms with Gasteiger partial charge in [-0.3, -0.25) is 4.79 Å². The van der Waals surface area contributed by atoms with E-state index in [4.69, 9.17) is 14.2 Å². The molecule has 0 heterocycles. The molecule has 0 bridgehead atoms. The second-order valence-corrected chi connectivity index (χ2v) is 6.05. The number of nitrogens with one attached hydrogen (secondary N) is 1. The molecule has 5 heteroatoms. The van der Waals surface area contributed by atoms with E-state index in [1.165, 1.54) is 24.0 Å². The van der Waals surface area contributed by atoms with Crippen LogP contribution in [0.25, 0.3) is 0 Å². The summed E-state index contributed by atoms with van der Waals surface area (Å²) in [5.41, 5.74) is 3.79. The fourth-order valence-corrected chi connectivity index (χ4v) is 3.20. The maximum atomic E-state index is 12.7. The van der Waals surface area contributed by atoms with Crippen LogP contribution in [0.1, 0.15) is 34.3 Å². The minimum atomic E-state index is -0.213. The molecule has 0 aliphatic heterocycles. The molecule has 0 spiro atoms. The zero-order valence-corrected chi connectivity index (χ0v) is 14.8. The maximum Gasteiger partial charge on any atom is 0.255 e. The van der Waals surface area contributed by atoms with Gasteiger partial charge in [0.25, 0.3) is 5.91 Å². The Morgan fingerprint density at radius 2 is 1.48 bits per heavy atom. The molecule has 5 nitrogen and oxygen atoms in total. The highest BCUT2D eigenvalue weighted by molar-refractivity contribution is 6.05. The first kappa shape index (κ1) is 17.1.